The predicted molar refractivity (Wildman–Crippen MR) is 187 cm³/mol. The van der Waals surface area contributed by atoms with E-state index < -0.39 is 60.9 Å². The van der Waals surface area contributed by atoms with E-state index in [0.717, 1.165) is 11.3 Å². The number of methoxy groups -OCH3 is 1. The minimum absolute atomic E-state index is 0.0179. The molecule has 260 valence electrons. The third-order valence-electron chi connectivity index (χ3n) is 8.51. The largest absolute Gasteiger partial charge is 0.518 e. The standard InChI is InChI=1S/C36H46BN5O7/c1-23(2)20-31(37-41(5)30(36(47)48-6)22-42(21-24(3)35(46)49-37)27-16-11-8-12-17-27)39-34(45)32(25(4)43)40-33(44)29-19-13-18-28(38-29)26-14-9-7-10-15-26/h7-19,23-25,30-32,43H,20-22H2,1-6H3,(H,39,45)(H,40,44)/t24-,25-,30+,31+,32+/m1/s1. The summed E-state index contributed by atoms with van der Waals surface area (Å²) in [6, 6.07) is 21.6. The number of aliphatic hydroxyl groups is 1. The second-order valence-corrected chi connectivity index (χ2v) is 12.9. The zero-order valence-corrected chi connectivity index (χ0v) is 28.9. The van der Waals surface area contributed by atoms with Gasteiger partial charge in [-0.2, -0.15) is 0 Å². The summed E-state index contributed by atoms with van der Waals surface area (Å²) >= 11 is 0. The Labute approximate surface area is 288 Å². The Bertz CT molecular complexity index is 1580. The van der Waals surface area contributed by atoms with E-state index in [-0.39, 0.29) is 24.7 Å². The van der Waals surface area contributed by atoms with Crippen molar-refractivity contribution in [3.8, 4) is 11.3 Å². The van der Waals surface area contributed by atoms with E-state index in [9.17, 15) is 24.3 Å². The lowest BCUT2D eigenvalue weighted by atomic mass is 9.66. The second kappa shape index (κ2) is 17.1. The third kappa shape index (κ3) is 9.67. The molecule has 3 aromatic rings. The van der Waals surface area contributed by atoms with E-state index in [2.05, 4.69) is 15.6 Å². The monoisotopic (exact) mass is 671 g/mol. The lowest BCUT2D eigenvalue weighted by Gasteiger charge is -2.36. The number of nitrogens with zero attached hydrogens (tertiary/aromatic N) is 3. The maximum absolute atomic E-state index is 13.9. The number of ether oxygens (including phenoxy) is 1. The van der Waals surface area contributed by atoms with Gasteiger partial charge in [0.15, 0.2) is 0 Å². The van der Waals surface area contributed by atoms with E-state index in [0.29, 0.717) is 12.1 Å². The maximum Gasteiger partial charge on any atom is 0.475 e. The molecule has 0 aliphatic carbocycles. The summed E-state index contributed by atoms with van der Waals surface area (Å²) in [7, 11) is 1.86. The first-order chi connectivity index (χ1) is 23.4. The molecule has 13 heteroatoms. The van der Waals surface area contributed by atoms with Crippen molar-refractivity contribution >= 4 is 36.5 Å². The number of anilines is 1. The van der Waals surface area contributed by atoms with Gasteiger partial charge < -0.3 is 30.0 Å². The molecule has 3 N–H and O–H groups in total. The minimum Gasteiger partial charge on any atom is -0.518 e. The molecule has 2 amide bonds. The zero-order valence-electron chi connectivity index (χ0n) is 28.9. The van der Waals surface area contributed by atoms with E-state index in [1.165, 1.54) is 20.1 Å². The second-order valence-electron chi connectivity index (χ2n) is 12.9. The Hall–Kier alpha value is -4.75. The minimum atomic E-state index is -1.37. The lowest BCUT2D eigenvalue weighted by Crippen LogP contribution is -2.64. The van der Waals surface area contributed by atoms with Crippen LogP contribution >= 0.6 is 0 Å². The Balaban J connectivity index is 1.61. The first kappa shape index (κ1) is 37.1. The molecular weight excluding hydrogens is 625 g/mol. The molecule has 49 heavy (non-hydrogen) atoms. The number of amides is 2. The van der Waals surface area contributed by atoms with Crippen LogP contribution in [-0.4, -0.2) is 97.1 Å². The fourth-order valence-corrected chi connectivity index (χ4v) is 5.88. The van der Waals surface area contributed by atoms with E-state index >= 15 is 0 Å². The highest BCUT2D eigenvalue weighted by molar-refractivity contribution is 6.53. The Morgan fingerprint density at radius 3 is 2.24 bits per heavy atom. The fourth-order valence-electron chi connectivity index (χ4n) is 5.88. The number of aliphatic hydroxyl groups excluding tert-OH is 1. The number of carbonyl (C=O) groups excluding carboxylic acids is 4. The van der Waals surface area contributed by atoms with Crippen LogP contribution in [0.4, 0.5) is 5.69 Å². The van der Waals surface area contributed by atoms with Gasteiger partial charge in [-0.05, 0) is 50.6 Å². The molecule has 0 saturated carbocycles. The maximum atomic E-state index is 13.9. The van der Waals surface area contributed by atoms with Gasteiger partial charge in [0.1, 0.15) is 17.8 Å². The van der Waals surface area contributed by atoms with Gasteiger partial charge in [-0.1, -0.05) is 75.4 Å². The van der Waals surface area contributed by atoms with Crippen LogP contribution in [0, 0.1) is 11.8 Å². The molecule has 1 aliphatic heterocycles. The molecule has 4 rings (SSSR count). The van der Waals surface area contributed by atoms with E-state index in [1.54, 1.807) is 30.9 Å². The van der Waals surface area contributed by atoms with Crippen LogP contribution in [0.5, 0.6) is 0 Å². The summed E-state index contributed by atoms with van der Waals surface area (Å²) in [4.78, 5) is 62.1. The van der Waals surface area contributed by atoms with Crippen molar-refractivity contribution in [1.29, 1.82) is 0 Å². The number of aromatic nitrogens is 1. The molecule has 2 heterocycles. The van der Waals surface area contributed by atoms with Crippen LogP contribution in [0.3, 0.4) is 0 Å². The molecule has 0 unspecified atom stereocenters. The molecule has 12 nitrogen and oxygen atoms in total. The van der Waals surface area contributed by atoms with Crippen molar-refractivity contribution in [3.05, 3.63) is 84.6 Å². The quantitative estimate of drug-likeness (QED) is 0.205. The topological polar surface area (TPSA) is 150 Å². The van der Waals surface area contributed by atoms with Gasteiger partial charge in [-0.3, -0.25) is 24.0 Å². The van der Waals surface area contributed by atoms with E-state index in [4.69, 9.17) is 9.39 Å². The van der Waals surface area contributed by atoms with Crippen molar-refractivity contribution in [2.24, 2.45) is 11.8 Å². The van der Waals surface area contributed by atoms with Crippen LogP contribution in [0.15, 0.2) is 78.9 Å². The first-order valence-electron chi connectivity index (χ1n) is 16.5. The summed E-state index contributed by atoms with van der Waals surface area (Å²) < 4.78 is 11.3. The number of rotatable bonds is 11. The molecule has 0 spiro atoms. The number of carbonyl (C=O) groups is 4. The smallest absolute Gasteiger partial charge is 0.475 e. The molecule has 1 aliphatic rings. The number of benzene rings is 2. The SMILES string of the molecule is COC(=O)[C@@H]1CN(c2ccccc2)C[C@@H](C)C(=O)OB([C@H](CC(C)C)NC(=O)[C@@H](NC(=O)c2cccc(-c3ccccc3)n2)[C@@H](C)O)N1C. The van der Waals surface area contributed by atoms with Gasteiger partial charge in [-0.25, -0.2) is 4.98 Å². The van der Waals surface area contributed by atoms with Crippen LogP contribution < -0.4 is 15.5 Å². The first-order valence-corrected chi connectivity index (χ1v) is 16.5. The van der Waals surface area contributed by atoms with Gasteiger partial charge in [0.2, 0.25) is 5.91 Å². The molecular formula is C36H46BN5O7. The van der Waals surface area contributed by atoms with Crippen molar-refractivity contribution < 1.29 is 33.7 Å². The highest BCUT2D eigenvalue weighted by atomic mass is 16.5. The molecule has 0 radical (unpaired) electrons. The molecule has 1 fully saturated rings. The van der Waals surface area contributed by atoms with Crippen LogP contribution in [0.2, 0.25) is 0 Å². The molecule has 2 aromatic carbocycles. The van der Waals surface area contributed by atoms with Gasteiger partial charge in [-0.15, -0.1) is 0 Å². The Kier molecular flexibility index (Phi) is 12.9. The number of hydrogen-bond donors (Lipinski definition) is 3. The van der Waals surface area contributed by atoms with Crippen LogP contribution in [0.25, 0.3) is 11.3 Å². The van der Waals surface area contributed by atoms with Gasteiger partial charge in [0.25, 0.3) is 11.9 Å². The van der Waals surface area contributed by atoms with Gasteiger partial charge in [0, 0.05) is 24.3 Å². The lowest BCUT2D eigenvalue weighted by molar-refractivity contribution is -0.145. The molecule has 0 bridgehead atoms. The van der Waals surface area contributed by atoms with Crippen molar-refractivity contribution in [1.82, 2.24) is 20.4 Å². The number of likely N-dealkylation sites (N-methyl/N-ethyl adjacent to an activating group) is 1. The summed E-state index contributed by atoms with van der Waals surface area (Å²) in [6.45, 7) is 7.53. The predicted octanol–water partition coefficient (Wildman–Crippen LogP) is 2.96. The van der Waals surface area contributed by atoms with Gasteiger partial charge in [0.05, 0.1) is 30.8 Å². The van der Waals surface area contributed by atoms with E-state index in [1.807, 2.05) is 79.4 Å². The van der Waals surface area contributed by atoms with Gasteiger partial charge >= 0.3 is 13.0 Å². The summed E-state index contributed by atoms with van der Waals surface area (Å²) in [5.74, 6) is -3.77. The normalized spacial score (nSPS) is 19.1. The Morgan fingerprint density at radius 1 is 0.980 bits per heavy atom. The number of pyridine rings is 1. The molecule has 5 atom stereocenters. The highest BCUT2D eigenvalue weighted by Crippen LogP contribution is 2.23. The number of para-hydroxylation sites is 1. The van der Waals surface area contributed by atoms with Crippen molar-refractivity contribution in [3.63, 3.8) is 0 Å². The Morgan fingerprint density at radius 2 is 1.63 bits per heavy atom. The number of esters is 1. The highest BCUT2D eigenvalue weighted by Gasteiger charge is 2.46. The summed E-state index contributed by atoms with van der Waals surface area (Å²) in [5, 5.41) is 16.2. The molecule has 1 aromatic heterocycles. The molecule has 1 saturated heterocycles. The van der Waals surface area contributed by atoms with Crippen molar-refractivity contribution in [2.45, 2.75) is 58.2 Å². The number of nitrogens with one attached hydrogen (secondary N) is 2. The van der Waals surface area contributed by atoms with Crippen LogP contribution in [-0.2, 0) is 23.8 Å². The van der Waals surface area contributed by atoms with Crippen LogP contribution in [0.1, 0.15) is 44.6 Å². The average molecular weight is 672 g/mol. The van der Waals surface area contributed by atoms with Crippen molar-refractivity contribution in [2.75, 3.05) is 32.1 Å². The zero-order chi connectivity index (χ0) is 35.7. The fraction of sp³-hybridized carbons (Fsp3) is 0.417. The average Bonchev–Trinajstić information content (AvgIpc) is 3.14. The summed E-state index contributed by atoms with van der Waals surface area (Å²) in [5.41, 5.74) is 2.29. The third-order valence-corrected chi connectivity index (χ3v) is 8.51. The summed E-state index contributed by atoms with van der Waals surface area (Å²) in [6.07, 6.45) is -0.941. The number of hydrogen-bond acceptors (Lipinski definition) is 10.